The van der Waals surface area contributed by atoms with Crippen LogP contribution in [-0.2, 0) is 13.0 Å². The number of fused-ring (bicyclic) bond motifs is 1. The molecule has 0 spiro atoms. The van der Waals surface area contributed by atoms with Crippen LogP contribution in [0.25, 0.3) is 10.9 Å². The largest absolute Gasteiger partial charge is 0.396 e. The molecule has 1 aliphatic heterocycles. The Bertz CT molecular complexity index is 978. The van der Waals surface area contributed by atoms with Gasteiger partial charge in [0.05, 0.1) is 12.3 Å². The molecule has 146 valence electrons. The Morgan fingerprint density at radius 3 is 2.64 bits per heavy atom. The van der Waals surface area contributed by atoms with Gasteiger partial charge in [-0.1, -0.05) is 36.4 Å². The second-order valence-corrected chi connectivity index (χ2v) is 7.85. The molecular formula is C23H24F2N2O. The third kappa shape index (κ3) is 3.91. The van der Waals surface area contributed by atoms with E-state index < -0.39 is 0 Å². The van der Waals surface area contributed by atoms with E-state index in [-0.39, 0.29) is 23.7 Å². The Hall–Kier alpha value is -2.37. The summed E-state index contributed by atoms with van der Waals surface area (Å²) in [7, 11) is 0. The fourth-order valence-electron chi connectivity index (χ4n) is 4.29. The van der Waals surface area contributed by atoms with Gasteiger partial charge in [-0.15, -0.1) is 0 Å². The molecule has 5 heteroatoms. The van der Waals surface area contributed by atoms with Crippen molar-refractivity contribution in [3.05, 3.63) is 77.5 Å². The van der Waals surface area contributed by atoms with Gasteiger partial charge < -0.3 is 5.11 Å². The van der Waals surface area contributed by atoms with Gasteiger partial charge in [-0.2, -0.15) is 0 Å². The Labute approximate surface area is 163 Å². The molecule has 0 amide bonds. The topological polar surface area (TPSA) is 36.4 Å². The molecule has 1 saturated heterocycles. The molecular weight excluding hydrogens is 358 g/mol. The zero-order chi connectivity index (χ0) is 19.6. The summed E-state index contributed by atoms with van der Waals surface area (Å²) in [4.78, 5) is 6.73. The highest BCUT2D eigenvalue weighted by Gasteiger charge is 2.35. The van der Waals surface area contributed by atoms with E-state index in [0.717, 1.165) is 30.5 Å². The standard InChI is InChI=1S/C23H24F2N2O/c24-20-7-2-1-5-18(20)13-23(16-28)11-4-12-27(15-23)14-19-10-9-17-6-3-8-21(25)22(17)26-19/h1-3,5-10,28H,4,11-16H2. The van der Waals surface area contributed by atoms with Crippen LogP contribution >= 0.6 is 0 Å². The van der Waals surface area contributed by atoms with Crippen LogP contribution in [0.1, 0.15) is 24.1 Å². The minimum atomic E-state index is -0.372. The summed E-state index contributed by atoms with van der Waals surface area (Å²) in [6, 6.07) is 15.5. The summed E-state index contributed by atoms with van der Waals surface area (Å²) in [5.41, 5.74) is 1.46. The van der Waals surface area contributed by atoms with Crippen molar-refractivity contribution in [2.75, 3.05) is 19.7 Å². The average molecular weight is 382 g/mol. The number of hydrogen-bond acceptors (Lipinski definition) is 3. The first-order valence-corrected chi connectivity index (χ1v) is 9.69. The Balaban J connectivity index is 1.53. The molecule has 1 atom stereocenters. The monoisotopic (exact) mass is 382 g/mol. The van der Waals surface area contributed by atoms with Crippen LogP contribution in [0.2, 0.25) is 0 Å². The molecule has 2 heterocycles. The third-order valence-corrected chi connectivity index (χ3v) is 5.71. The second kappa shape index (κ2) is 7.94. The van der Waals surface area contributed by atoms with Crippen LogP contribution in [-0.4, -0.2) is 34.7 Å². The fraction of sp³-hybridized carbons (Fsp3) is 0.348. The van der Waals surface area contributed by atoms with E-state index in [0.29, 0.717) is 30.6 Å². The molecule has 1 unspecified atom stereocenters. The maximum Gasteiger partial charge on any atom is 0.149 e. The van der Waals surface area contributed by atoms with Crippen molar-refractivity contribution in [3.8, 4) is 0 Å². The summed E-state index contributed by atoms with van der Waals surface area (Å²) >= 11 is 0. The molecule has 1 N–H and O–H groups in total. The summed E-state index contributed by atoms with van der Waals surface area (Å²) in [5, 5.41) is 10.9. The second-order valence-electron chi connectivity index (χ2n) is 7.85. The van der Waals surface area contributed by atoms with Gasteiger partial charge in [0.2, 0.25) is 0 Å². The van der Waals surface area contributed by atoms with Crippen LogP contribution in [0.15, 0.2) is 54.6 Å². The smallest absolute Gasteiger partial charge is 0.149 e. The van der Waals surface area contributed by atoms with Gasteiger partial charge in [0.25, 0.3) is 0 Å². The molecule has 0 saturated carbocycles. The van der Waals surface area contributed by atoms with Gasteiger partial charge in [0.1, 0.15) is 17.2 Å². The number of likely N-dealkylation sites (tertiary alicyclic amines) is 1. The Kier molecular flexibility index (Phi) is 5.38. The molecule has 1 aliphatic rings. The third-order valence-electron chi connectivity index (χ3n) is 5.71. The number of benzene rings is 2. The number of aliphatic hydroxyl groups is 1. The van der Waals surface area contributed by atoms with Crippen molar-refractivity contribution in [2.45, 2.75) is 25.8 Å². The SMILES string of the molecule is OCC1(Cc2ccccc2F)CCCN(Cc2ccc3cccc(F)c3n2)C1. The minimum Gasteiger partial charge on any atom is -0.396 e. The number of piperidine rings is 1. The average Bonchev–Trinajstić information content (AvgIpc) is 2.71. The maximum absolute atomic E-state index is 14.1. The van der Waals surface area contributed by atoms with Gasteiger partial charge in [-0.3, -0.25) is 4.90 Å². The molecule has 3 aromatic rings. The van der Waals surface area contributed by atoms with Gasteiger partial charge in [-0.25, -0.2) is 13.8 Å². The highest BCUT2D eigenvalue weighted by molar-refractivity contribution is 5.79. The highest BCUT2D eigenvalue weighted by Crippen LogP contribution is 2.34. The number of para-hydroxylation sites is 1. The van der Waals surface area contributed by atoms with Gasteiger partial charge in [0.15, 0.2) is 0 Å². The molecule has 0 bridgehead atoms. The van der Waals surface area contributed by atoms with Gasteiger partial charge in [0, 0.05) is 23.9 Å². The van der Waals surface area contributed by atoms with Crippen molar-refractivity contribution in [2.24, 2.45) is 5.41 Å². The zero-order valence-corrected chi connectivity index (χ0v) is 15.7. The molecule has 0 radical (unpaired) electrons. The van der Waals surface area contributed by atoms with Crippen LogP contribution in [0, 0.1) is 17.0 Å². The lowest BCUT2D eigenvalue weighted by atomic mass is 9.75. The Morgan fingerprint density at radius 2 is 1.82 bits per heavy atom. The number of halogens is 2. The minimum absolute atomic E-state index is 0.0115. The van der Waals surface area contributed by atoms with Crippen molar-refractivity contribution in [1.29, 1.82) is 0 Å². The van der Waals surface area contributed by atoms with Crippen LogP contribution in [0.3, 0.4) is 0 Å². The lowest BCUT2D eigenvalue weighted by Gasteiger charge is -2.42. The molecule has 2 aromatic carbocycles. The van der Waals surface area contributed by atoms with E-state index in [1.807, 2.05) is 24.3 Å². The van der Waals surface area contributed by atoms with Crippen molar-refractivity contribution >= 4 is 10.9 Å². The van der Waals surface area contributed by atoms with Crippen LogP contribution in [0.4, 0.5) is 8.78 Å². The predicted molar refractivity (Wildman–Crippen MR) is 106 cm³/mol. The number of rotatable bonds is 5. The van der Waals surface area contributed by atoms with Crippen molar-refractivity contribution in [3.63, 3.8) is 0 Å². The van der Waals surface area contributed by atoms with Gasteiger partial charge >= 0.3 is 0 Å². The number of aromatic nitrogens is 1. The lowest BCUT2D eigenvalue weighted by molar-refractivity contribution is 0.0278. The molecule has 0 aliphatic carbocycles. The normalized spacial score (nSPS) is 20.5. The number of aliphatic hydroxyl groups excluding tert-OH is 1. The molecule has 1 fully saturated rings. The number of pyridine rings is 1. The number of nitrogens with zero attached hydrogens (tertiary/aromatic N) is 2. The summed E-state index contributed by atoms with van der Waals surface area (Å²) < 4.78 is 28.2. The van der Waals surface area contributed by atoms with E-state index in [1.54, 1.807) is 18.2 Å². The summed E-state index contributed by atoms with van der Waals surface area (Å²) in [5.74, 6) is -0.540. The predicted octanol–water partition coefficient (Wildman–Crippen LogP) is 4.33. The number of hydrogen-bond donors (Lipinski definition) is 1. The van der Waals surface area contributed by atoms with Crippen LogP contribution < -0.4 is 0 Å². The molecule has 28 heavy (non-hydrogen) atoms. The quantitative estimate of drug-likeness (QED) is 0.714. The first kappa shape index (κ1) is 19.0. The Morgan fingerprint density at radius 1 is 1.00 bits per heavy atom. The van der Waals surface area contributed by atoms with E-state index in [1.165, 1.54) is 12.1 Å². The van der Waals surface area contributed by atoms with Crippen molar-refractivity contribution in [1.82, 2.24) is 9.88 Å². The molecule has 3 nitrogen and oxygen atoms in total. The summed E-state index contributed by atoms with van der Waals surface area (Å²) in [6.45, 7) is 2.14. The zero-order valence-electron chi connectivity index (χ0n) is 15.7. The van der Waals surface area contributed by atoms with E-state index in [2.05, 4.69) is 9.88 Å². The summed E-state index contributed by atoms with van der Waals surface area (Å²) in [6.07, 6.45) is 2.29. The van der Waals surface area contributed by atoms with Crippen molar-refractivity contribution < 1.29 is 13.9 Å². The first-order valence-electron chi connectivity index (χ1n) is 9.69. The first-order chi connectivity index (χ1) is 13.6. The lowest BCUT2D eigenvalue weighted by Crippen LogP contribution is -2.46. The maximum atomic E-state index is 14.1. The molecule has 4 rings (SSSR count). The fourth-order valence-corrected chi connectivity index (χ4v) is 4.29. The van der Waals surface area contributed by atoms with E-state index in [4.69, 9.17) is 0 Å². The van der Waals surface area contributed by atoms with E-state index >= 15 is 0 Å². The van der Waals surface area contributed by atoms with Gasteiger partial charge in [-0.05, 0) is 49.6 Å². The highest BCUT2D eigenvalue weighted by atomic mass is 19.1. The van der Waals surface area contributed by atoms with E-state index in [9.17, 15) is 13.9 Å². The molecule has 1 aromatic heterocycles. The van der Waals surface area contributed by atoms with Crippen LogP contribution in [0.5, 0.6) is 0 Å².